The molecule has 1 amide bonds. The molecule has 2 rings (SSSR count). The van der Waals surface area contributed by atoms with Crippen LogP contribution in [0.1, 0.15) is 38.5 Å². The number of likely N-dealkylation sites (N-methyl/N-ethyl adjacent to an activating group) is 1. The molecule has 1 heterocycles. The summed E-state index contributed by atoms with van der Waals surface area (Å²) in [7, 11) is 1.87. The molecular weight excluding hydrogens is 200 g/mol. The molecule has 3 heteroatoms. The van der Waals surface area contributed by atoms with E-state index in [1.54, 1.807) is 5.57 Å². The average molecular weight is 222 g/mol. The molecule has 1 aliphatic heterocycles. The van der Waals surface area contributed by atoms with Crippen molar-refractivity contribution in [3.63, 3.8) is 0 Å². The number of allylic oxidation sites excluding steroid dienone is 1. The molecule has 90 valence electrons. The molecule has 16 heavy (non-hydrogen) atoms. The second-order valence-electron chi connectivity index (χ2n) is 4.81. The van der Waals surface area contributed by atoms with Gasteiger partial charge in [-0.05, 0) is 45.6 Å². The van der Waals surface area contributed by atoms with Gasteiger partial charge in [-0.1, -0.05) is 11.6 Å². The number of nitrogens with one attached hydrogen (secondary N) is 1. The molecule has 1 saturated heterocycles. The van der Waals surface area contributed by atoms with Crippen LogP contribution in [-0.4, -0.2) is 37.0 Å². The van der Waals surface area contributed by atoms with Gasteiger partial charge in [-0.3, -0.25) is 4.79 Å². The minimum Gasteiger partial charge on any atom is -0.341 e. The summed E-state index contributed by atoms with van der Waals surface area (Å²) in [6.45, 7) is 1.85. The molecular formula is C13H22N2O. The maximum Gasteiger partial charge on any atom is 0.239 e. The van der Waals surface area contributed by atoms with Crippen molar-refractivity contribution in [2.75, 3.05) is 20.1 Å². The van der Waals surface area contributed by atoms with Crippen LogP contribution in [0.3, 0.4) is 0 Å². The van der Waals surface area contributed by atoms with Gasteiger partial charge in [-0.2, -0.15) is 0 Å². The molecule has 0 spiro atoms. The van der Waals surface area contributed by atoms with Gasteiger partial charge >= 0.3 is 0 Å². The average Bonchev–Trinajstić information content (AvgIpc) is 2.69. The highest BCUT2D eigenvalue weighted by molar-refractivity contribution is 5.83. The summed E-state index contributed by atoms with van der Waals surface area (Å²) >= 11 is 0. The van der Waals surface area contributed by atoms with E-state index in [9.17, 15) is 4.79 Å². The lowest BCUT2D eigenvalue weighted by Gasteiger charge is -2.19. The Bertz CT molecular complexity index is 286. The van der Waals surface area contributed by atoms with Gasteiger partial charge in [0.15, 0.2) is 0 Å². The highest BCUT2D eigenvalue weighted by atomic mass is 16.2. The molecule has 3 nitrogen and oxygen atoms in total. The van der Waals surface area contributed by atoms with Crippen LogP contribution in [0.4, 0.5) is 0 Å². The number of hydrogen-bond acceptors (Lipinski definition) is 2. The fraction of sp³-hybridized carbons (Fsp3) is 0.769. The zero-order valence-corrected chi connectivity index (χ0v) is 10.2. The number of carbonyl (C=O) groups is 1. The molecule has 0 aromatic heterocycles. The minimum atomic E-state index is 0.0698. The molecule has 1 fully saturated rings. The lowest BCUT2D eigenvalue weighted by atomic mass is 9.97. The Labute approximate surface area is 97.9 Å². The van der Waals surface area contributed by atoms with E-state index >= 15 is 0 Å². The van der Waals surface area contributed by atoms with Gasteiger partial charge < -0.3 is 10.2 Å². The van der Waals surface area contributed by atoms with Crippen molar-refractivity contribution in [3.05, 3.63) is 11.6 Å². The maximum absolute atomic E-state index is 11.9. The van der Waals surface area contributed by atoms with Crippen molar-refractivity contribution in [3.8, 4) is 0 Å². The van der Waals surface area contributed by atoms with Gasteiger partial charge in [-0.15, -0.1) is 0 Å². The third-order valence-electron chi connectivity index (χ3n) is 3.73. The van der Waals surface area contributed by atoms with Crippen molar-refractivity contribution in [2.45, 2.75) is 44.6 Å². The first kappa shape index (κ1) is 11.6. The van der Waals surface area contributed by atoms with Gasteiger partial charge in [0.05, 0.1) is 6.04 Å². The molecule has 0 aromatic carbocycles. The Hall–Kier alpha value is -0.830. The lowest BCUT2D eigenvalue weighted by molar-refractivity contribution is -0.129. The summed E-state index contributed by atoms with van der Waals surface area (Å²) < 4.78 is 0. The highest BCUT2D eigenvalue weighted by Crippen LogP contribution is 2.21. The van der Waals surface area contributed by atoms with E-state index in [2.05, 4.69) is 11.4 Å². The number of likely N-dealkylation sites (tertiary alicyclic amines) is 1. The monoisotopic (exact) mass is 222 g/mol. The zero-order chi connectivity index (χ0) is 11.4. The number of carbonyl (C=O) groups excluding carboxylic acids is 1. The standard InChI is InChI=1S/C13H22N2O/c1-14-12-8-10-15(13(12)16)9-7-11-5-3-2-4-6-11/h5,12,14H,2-4,6-10H2,1H3. The van der Waals surface area contributed by atoms with E-state index in [-0.39, 0.29) is 6.04 Å². The molecule has 0 bridgehead atoms. The summed E-state index contributed by atoms with van der Waals surface area (Å²) in [6.07, 6.45) is 9.59. The fourth-order valence-corrected chi connectivity index (χ4v) is 2.64. The summed E-state index contributed by atoms with van der Waals surface area (Å²) in [5.41, 5.74) is 1.56. The zero-order valence-electron chi connectivity index (χ0n) is 10.2. The van der Waals surface area contributed by atoms with Gasteiger partial charge in [0.1, 0.15) is 0 Å². The van der Waals surface area contributed by atoms with Crippen LogP contribution in [0.25, 0.3) is 0 Å². The van der Waals surface area contributed by atoms with E-state index in [0.717, 1.165) is 25.9 Å². The van der Waals surface area contributed by atoms with E-state index < -0.39 is 0 Å². The van der Waals surface area contributed by atoms with E-state index in [0.29, 0.717) is 5.91 Å². The summed E-state index contributed by atoms with van der Waals surface area (Å²) in [6, 6.07) is 0.0698. The van der Waals surface area contributed by atoms with Gasteiger partial charge in [0.25, 0.3) is 0 Å². The number of nitrogens with zero attached hydrogens (tertiary/aromatic N) is 1. The second kappa shape index (κ2) is 5.48. The quantitative estimate of drug-likeness (QED) is 0.734. The third-order valence-corrected chi connectivity index (χ3v) is 3.73. The Kier molecular flexibility index (Phi) is 3.99. The topological polar surface area (TPSA) is 32.3 Å². The predicted octanol–water partition coefficient (Wildman–Crippen LogP) is 1.70. The number of hydrogen-bond donors (Lipinski definition) is 1. The lowest BCUT2D eigenvalue weighted by Crippen LogP contribution is -2.36. The van der Waals surface area contributed by atoms with Crippen molar-refractivity contribution >= 4 is 5.91 Å². The first-order valence-corrected chi connectivity index (χ1v) is 6.45. The van der Waals surface area contributed by atoms with Crippen LogP contribution in [0, 0.1) is 0 Å². The Morgan fingerprint density at radius 3 is 3.00 bits per heavy atom. The van der Waals surface area contributed by atoms with E-state index in [4.69, 9.17) is 0 Å². The van der Waals surface area contributed by atoms with Crippen molar-refractivity contribution in [2.24, 2.45) is 0 Å². The van der Waals surface area contributed by atoms with E-state index in [1.165, 1.54) is 25.7 Å². The van der Waals surface area contributed by atoms with Crippen LogP contribution in [-0.2, 0) is 4.79 Å². The molecule has 1 aliphatic carbocycles. The van der Waals surface area contributed by atoms with Gasteiger partial charge in [-0.25, -0.2) is 0 Å². The van der Waals surface area contributed by atoms with Crippen LogP contribution in [0.2, 0.25) is 0 Å². The normalized spacial score (nSPS) is 26.1. The van der Waals surface area contributed by atoms with Crippen LogP contribution >= 0.6 is 0 Å². The Balaban J connectivity index is 1.78. The van der Waals surface area contributed by atoms with Crippen molar-refractivity contribution < 1.29 is 4.79 Å². The summed E-state index contributed by atoms with van der Waals surface area (Å²) in [4.78, 5) is 13.9. The summed E-state index contributed by atoms with van der Waals surface area (Å²) in [5, 5.41) is 3.08. The number of rotatable bonds is 4. The Morgan fingerprint density at radius 1 is 1.50 bits per heavy atom. The second-order valence-corrected chi connectivity index (χ2v) is 4.81. The Morgan fingerprint density at radius 2 is 2.38 bits per heavy atom. The summed E-state index contributed by atoms with van der Waals surface area (Å²) in [5.74, 6) is 0.291. The largest absolute Gasteiger partial charge is 0.341 e. The van der Waals surface area contributed by atoms with Crippen molar-refractivity contribution in [1.29, 1.82) is 0 Å². The third kappa shape index (κ3) is 2.64. The minimum absolute atomic E-state index is 0.0698. The predicted molar refractivity (Wildman–Crippen MR) is 65.2 cm³/mol. The molecule has 1 atom stereocenters. The molecule has 0 aromatic rings. The first-order chi connectivity index (χ1) is 7.81. The van der Waals surface area contributed by atoms with E-state index in [1.807, 2.05) is 11.9 Å². The van der Waals surface area contributed by atoms with Gasteiger partial charge in [0, 0.05) is 13.1 Å². The van der Waals surface area contributed by atoms with Gasteiger partial charge in [0.2, 0.25) is 5.91 Å². The van der Waals surface area contributed by atoms with Crippen molar-refractivity contribution in [1.82, 2.24) is 10.2 Å². The first-order valence-electron chi connectivity index (χ1n) is 6.45. The fourth-order valence-electron chi connectivity index (χ4n) is 2.64. The smallest absolute Gasteiger partial charge is 0.239 e. The van der Waals surface area contributed by atoms with Crippen LogP contribution in [0.15, 0.2) is 11.6 Å². The molecule has 1 N–H and O–H groups in total. The van der Waals surface area contributed by atoms with Crippen LogP contribution in [0.5, 0.6) is 0 Å². The molecule has 0 saturated carbocycles. The highest BCUT2D eigenvalue weighted by Gasteiger charge is 2.29. The molecule has 0 radical (unpaired) electrons. The molecule has 2 aliphatic rings. The SMILES string of the molecule is CNC1CCN(CCC2=CCCCC2)C1=O. The number of amides is 1. The molecule has 1 unspecified atom stereocenters. The van der Waals surface area contributed by atoms with Crippen LogP contribution < -0.4 is 5.32 Å². The maximum atomic E-state index is 11.9.